The van der Waals surface area contributed by atoms with Gasteiger partial charge in [0.2, 0.25) is 5.91 Å². The molecule has 0 atom stereocenters. The molecule has 0 heterocycles. The Bertz CT molecular complexity index is 388. The van der Waals surface area contributed by atoms with E-state index in [1.165, 1.54) is 0 Å². The van der Waals surface area contributed by atoms with Gasteiger partial charge in [0, 0.05) is 13.0 Å². The molecule has 0 aliphatic heterocycles. The Hall–Kier alpha value is -1.84. The summed E-state index contributed by atoms with van der Waals surface area (Å²) in [7, 11) is 0. The highest BCUT2D eigenvalue weighted by atomic mass is 16.4. The van der Waals surface area contributed by atoms with Crippen molar-refractivity contribution in [3.05, 3.63) is 35.4 Å². The number of rotatable bonds is 5. The predicted octanol–water partition coefficient (Wildman–Crippen LogP) is 1.48. The van der Waals surface area contributed by atoms with Gasteiger partial charge in [-0.2, -0.15) is 0 Å². The van der Waals surface area contributed by atoms with Gasteiger partial charge in [0.15, 0.2) is 0 Å². The van der Waals surface area contributed by atoms with Crippen molar-refractivity contribution in [1.29, 1.82) is 0 Å². The minimum atomic E-state index is -0.953. The third kappa shape index (κ3) is 4.59. The first kappa shape index (κ1) is 12.2. The van der Waals surface area contributed by atoms with Crippen molar-refractivity contribution >= 4 is 11.9 Å². The van der Waals surface area contributed by atoms with Crippen LogP contribution in [0.4, 0.5) is 0 Å². The van der Waals surface area contributed by atoms with E-state index < -0.39 is 5.97 Å². The first-order valence-corrected chi connectivity index (χ1v) is 5.12. The van der Waals surface area contributed by atoms with Crippen molar-refractivity contribution < 1.29 is 14.7 Å². The summed E-state index contributed by atoms with van der Waals surface area (Å²) in [6, 6.07) is 7.81. The van der Waals surface area contributed by atoms with Gasteiger partial charge in [-0.25, -0.2) is 0 Å². The smallest absolute Gasteiger partial charge is 0.303 e. The van der Waals surface area contributed by atoms with Crippen molar-refractivity contribution in [1.82, 2.24) is 5.32 Å². The summed E-state index contributed by atoms with van der Waals surface area (Å²) in [5, 5.41) is 11.1. The van der Waals surface area contributed by atoms with Gasteiger partial charge in [0.25, 0.3) is 0 Å². The number of amides is 1. The third-order valence-electron chi connectivity index (χ3n) is 2.14. The van der Waals surface area contributed by atoms with Gasteiger partial charge in [-0.05, 0) is 12.5 Å². The van der Waals surface area contributed by atoms with E-state index in [-0.39, 0.29) is 18.7 Å². The van der Waals surface area contributed by atoms with Gasteiger partial charge in [-0.1, -0.05) is 29.8 Å². The van der Waals surface area contributed by atoms with Crippen LogP contribution in [0.2, 0.25) is 0 Å². The van der Waals surface area contributed by atoms with Crippen LogP contribution in [0.25, 0.3) is 0 Å². The Kier molecular flexibility index (Phi) is 4.51. The van der Waals surface area contributed by atoms with Crippen LogP contribution in [0.5, 0.6) is 0 Å². The monoisotopic (exact) mass is 221 g/mol. The molecule has 4 nitrogen and oxygen atoms in total. The molecule has 0 unspecified atom stereocenters. The van der Waals surface area contributed by atoms with Crippen LogP contribution >= 0.6 is 0 Å². The van der Waals surface area contributed by atoms with Crippen LogP contribution in [0.1, 0.15) is 24.0 Å². The van der Waals surface area contributed by atoms with E-state index in [0.717, 1.165) is 11.1 Å². The van der Waals surface area contributed by atoms with Crippen LogP contribution in [0.3, 0.4) is 0 Å². The number of benzene rings is 1. The molecule has 0 aromatic heterocycles. The lowest BCUT2D eigenvalue weighted by Gasteiger charge is -2.05. The Labute approximate surface area is 94.3 Å². The molecule has 0 saturated carbocycles. The average molecular weight is 221 g/mol. The van der Waals surface area contributed by atoms with Crippen molar-refractivity contribution in [2.24, 2.45) is 0 Å². The normalized spacial score (nSPS) is 9.81. The second kappa shape index (κ2) is 5.90. The Morgan fingerprint density at radius 2 is 2.06 bits per heavy atom. The lowest BCUT2D eigenvalue weighted by atomic mass is 10.1. The maximum Gasteiger partial charge on any atom is 0.303 e. The van der Waals surface area contributed by atoms with Crippen molar-refractivity contribution in [3.8, 4) is 0 Å². The lowest BCUT2D eigenvalue weighted by Crippen LogP contribution is -2.23. The molecule has 1 amide bonds. The number of nitrogens with one attached hydrogen (secondary N) is 1. The van der Waals surface area contributed by atoms with Gasteiger partial charge in [-0.3, -0.25) is 9.59 Å². The molecule has 1 aromatic carbocycles. The van der Waals surface area contributed by atoms with Gasteiger partial charge in [0.1, 0.15) is 0 Å². The van der Waals surface area contributed by atoms with Gasteiger partial charge in [-0.15, -0.1) is 0 Å². The number of carboxylic acids is 1. The molecular weight excluding hydrogens is 206 g/mol. The topological polar surface area (TPSA) is 66.4 Å². The first-order chi connectivity index (χ1) is 7.58. The zero-order chi connectivity index (χ0) is 12.0. The molecule has 0 spiro atoms. The van der Waals surface area contributed by atoms with E-state index in [0.29, 0.717) is 6.54 Å². The van der Waals surface area contributed by atoms with E-state index >= 15 is 0 Å². The summed E-state index contributed by atoms with van der Waals surface area (Å²) in [5.74, 6) is -1.19. The Balaban J connectivity index is 2.34. The number of hydrogen-bond donors (Lipinski definition) is 2. The Morgan fingerprint density at radius 1 is 1.31 bits per heavy atom. The highest BCUT2D eigenvalue weighted by molar-refractivity contribution is 5.80. The van der Waals surface area contributed by atoms with Crippen molar-refractivity contribution in [2.75, 3.05) is 0 Å². The summed E-state index contributed by atoms with van der Waals surface area (Å²) in [6.45, 7) is 2.43. The number of carboxylic acid groups (broad SMARTS) is 1. The van der Waals surface area contributed by atoms with Crippen LogP contribution in [-0.2, 0) is 16.1 Å². The van der Waals surface area contributed by atoms with E-state index in [4.69, 9.17) is 5.11 Å². The quantitative estimate of drug-likeness (QED) is 0.791. The maximum absolute atomic E-state index is 11.2. The lowest BCUT2D eigenvalue weighted by molar-refractivity contribution is -0.138. The summed E-state index contributed by atoms with van der Waals surface area (Å²) in [6.07, 6.45) is -0.0964. The molecule has 0 radical (unpaired) electrons. The summed E-state index contributed by atoms with van der Waals surface area (Å²) in [5.41, 5.74) is 2.15. The molecule has 0 bridgehead atoms. The molecule has 16 heavy (non-hydrogen) atoms. The van der Waals surface area contributed by atoms with Crippen LogP contribution in [-0.4, -0.2) is 17.0 Å². The fraction of sp³-hybridized carbons (Fsp3) is 0.333. The van der Waals surface area contributed by atoms with E-state index in [1.807, 2.05) is 31.2 Å². The molecule has 1 rings (SSSR count). The third-order valence-corrected chi connectivity index (χ3v) is 2.14. The average Bonchev–Trinajstić information content (AvgIpc) is 2.23. The fourth-order valence-corrected chi connectivity index (χ4v) is 1.33. The zero-order valence-electron chi connectivity index (χ0n) is 9.19. The summed E-state index contributed by atoms with van der Waals surface area (Å²) in [4.78, 5) is 21.5. The van der Waals surface area contributed by atoms with E-state index in [1.54, 1.807) is 0 Å². The highest BCUT2D eigenvalue weighted by Gasteiger charge is 2.04. The number of carbonyl (C=O) groups is 2. The molecule has 0 saturated heterocycles. The summed E-state index contributed by atoms with van der Waals surface area (Å²) < 4.78 is 0. The molecule has 4 heteroatoms. The number of aliphatic carboxylic acids is 1. The van der Waals surface area contributed by atoms with Crippen molar-refractivity contribution in [3.63, 3.8) is 0 Å². The second-order valence-electron chi connectivity index (χ2n) is 3.66. The molecule has 0 aliphatic rings. The van der Waals surface area contributed by atoms with Crippen LogP contribution < -0.4 is 5.32 Å². The first-order valence-electron chi connectivity index (χ1n) is 5.12. The molecule has 0 fully saturated rings. The standard InChI is InChI=1S/C12H15NO3/c1-9-3-2-4-10(7-9)8-13-11(14)5-6-12(15)16/h2-4,7H,5-6,8H2,1H3,(H,13,14)(H,15,16). The minimum absolute atomic E-state index is 0.0289. The maximum atomic E-state index is 11.2. The van der Waals surface area contributed by atoms with E-state index in [9.17, 15) is 9.59 Å². The molecule has 2 N–H and O–H groups in total. The fourth-order valence-electron chi connectivity index (χ4n) is 1.33. The molecular formula is C12H15NO3. The second-order valence-corrected chi connectivity index (χ2v) is 3.66. The number of aryl methyl sites for hydroxylation is 1. The minimum Gasteiger partial charge on any atom is -0.481 e. The molecule has 86 valence electrons. The molecule has 1 aromatic rings. The van der Waals surface area contributed by atoms with Gasteiger partial charge < -0.3 is 10.4 Å². The van der Waals surface area contributed by atoms with Gasteiger partial charge in [0.05, 0.1) is 6.42 Å². The highest BCUT2D eigenvalue weighted by Crippen LogP contribution is 2.03. The SMILES string of the molecule is Cc1cccc(CNC(=O)CCC(=O)O)c1. The van der Waals surface area contributed by atoms with Gasteiger partial charge >= 0.3 is 5.97 Å². The van der Waals surface area contributed by atoms with Crippen molar-refractivity contribution in [2.45, 2.75) is 26.3 Å². The predicted molar refractivity (Wildman–Crippen MR) is 59.9 cm³/mol. The molecule has 0 aliphatic carbocycles. The largest absolute Gasteiger partial charge is 0.481 e. The van der Waals surface area contributed by atoms with E-state index in [2.05, 4.69) is 5.32 Å². The van der Waals surface area contributed by atoms with Crippen LogP contribution in [0, 0.1) is 6.92 Å². The zero-order valence-corrected chi connectivity index (χ0v) is 9.19. The Morgan fingerprint density at radius 3 is 2.69 bits per heavy atom. The number of hydrogen-bond acceptors (Lipinski definition) is 2. The van der Waals surface area contributed by atoms with Crippen LogP contribution in [0.15, 0.2) is 24.3 Å². The summed E-state index contributed by atoms with van der Waals surface area (Å²) >= 11 is 0. The number of carbonyl (C=O) groups excluding carboxylic acids is 1.